The van der Waals surface area contributed by atoms with Crippen LogP contribution >= 0.6 is 11.8 Å². The van der Waals surface area contributed by atoms with E-state index < -0.39 is 0 Å². The molecule has 1 unspecified atom stereocenters. The zero-order chi connectivity index (χ0) is 20.2. The van der Waals surface area contributed by atoms with Gasteiger partial charge >= 0.3 is 0 Å². The SMILES string of the molecule is CSCCC(C#N)c1cc(N2CCOC[C@H]2C)nc2c(-c3ccn[nH]3)nccc12. The van der Waals surface area contributed by atoms with E-state index in [9.17, 15) is 5.26 Å². The predicted octanol–water partition coefficient (Wildman–Crippen LogP) is 3.61. The normalized spacial score (nSPS) is 18.0. The Morgan fingerprint density at radius 2 is 2.31 bits per heavy atom. The van der Waals surface area contributed by atoms with Gasteiger partial charge in [-0.15, -0.1) is 0 Å². The number of thioether (sulfide) groups is 1. The van der Waals surface area contributed by atoms with Gasteiger partial charge in [-0.2, -0.15) is 22.1 Å². The number of hydrogen-bond acceptors (Lipinski definition) is 7. The lowest BCUT2D eigenvalue weighted by molar-refractivity contribution is 0.0985. The Labute approximate surface area is 174 Å². The molecule has 0 saturated carbocycles. The van der Waals surface area contributed by atoms with Crippen molar-refractivity contribution < 1.29 is 4.74 Å². The summed E-state index contributed by atoms with van der Waals surface area (Å²) in [5, 5.41) is 18.0. The van der Waals surface area contributed by atoms with Gasteiger partial charge in [-0.1, -0.05) is 0 Å². The number of rotatable bonds is 6. The summed E-state index contributed by atoms with van der Waals surface area (Å²) in [4.78, 5) is 11.9. The standard InChI is InChI=1S/C21H24N6OS/c1-14-13-28-9-8-27(14)19-11-17(15(12-22)5-10-29-2)16-3-6-23-21(20(16)25-19)18-4-7-24-26-18/h3-4,6-7,11,14-15H,5,8-10,13H2,1-2H3,(H,24,26)/t14-,15?/m1/s1. The zero-order valence-corrected chi connectivity index (χ0v) is 17.4. The van der Waals surface area contributed by atoms with Crippen molar-refractivity contribution in [2.24, 2.45) is 0 Å². The first-order valence-corrected chi connectivity index (χ1v) is 11.1. The second-order valence-corrected chi connectivity index (χ2v) is 8.16. The molecule has 7 nitrogen and oxygen atoms in total. The van der Waals surface area contributed by atoms with Crippen LogP contribution in [0.1, 0.15) is 24.8 Å². The molecule has 1 N–H and O–H groups in total. The quantitative estimate of drug-likeness (QED) is 0.666. The average molecular weight is 409 g/mol. The Morgan fingerprint density at radius 1 is 1.41 bits per heavy atom. The Bertz CT molecular complexity index is 1020. The zero-order valence-electron chi connectivity index (χ0n) is 16.6. The third-order valence-corrected chi connectivity index (χ3v) is 5.95. The molecule has 4 heterocycles. The highest BCUT2D eigenvalue weighted by Gasteiger charge is 2.24. The average Bonchev–Trinajstić information content (AvgIpc) is 3.28. The van der Waals surface area contributed by atoms with Gasteiger partial charge in [-0.05, 0) is 49.1 Å². The van der Waals surface area contributed by atoms with Gasteiger partial charge in [0.05, 0.1) is 36.9 Å². The van der Waals surface area contributed by atoms with Crippen LogP contribution < -0.4 is 4.90 Å². The molecule has 4 rings (SSSR count). The van der Waals surface area contributed by atoms with Crippen molar-refractivity contribution in [3.63, 3.8) is 0 Å². The number of anilines is 1. The lowest BCUT2D eigenvalue weighted by Gasteiger charge is -2.35. The number of aromatic amines is 1. The van der Waals surface area contributed by atoms with Crippen LogP contribution in [0.4, 0.5) is 5.82 Å². The Balaban J connectivity index is 1.92. The minimum Gasteiger partial charge on any atom is -0.377 e. The van der Waals surface area contributed by atoms with E-state index >= 15 is 0 Å². The smallest absolute Gasteiger partial charge is 0.130 e. The van der Waals surface area contributed by atoms with Gasteiger partial charge in [0.2, 0.25) is 0 Å². The highest BCUT2D eigenvalue weighted by molar-refractivity contribution is 7.98. The van der Waals surface area contributed by atoms with Crippen LogP contribution in [0, 0.1) is 11.3 Å². The van der Waals surface area contributed by atoms with Crippen LogP contribution in [0.5, 0.6) is 0 Å². The van der Waals surface area contributed by atoms with E-state index in [1.165, 1.54) is 0 Å². The third kappa shape index (κ3) is 3.93. The van der Waals surface area contributed by atoms with Gasteiger partial charge in [-0.3, -0.25) is 10.1 Å². The number of fused-ring (bicyclic) bond motifs is 1. The number of nitrogens with zero attached hydrogens (tertiary/aromatic N) is 5. The van der Waals surface area contributed by atoms with E-state index in [1.54, 1.807) is 24.2 Å². The molecule has 150 valence electrons. The number of H-pyrrole nitrogens is 1. The topological polar surface area (TPSA) is 90.7 Å². The summed E-state index contributed by atoms with van der Waals surface area (Å²) in [5.74, 6) is 1.62. The lowest BCUT2D eigenvalue weighted by Crippen LogP contribution is -2.44. The molecule has 1 aliphatic heterocycles. The van der Waals surface area contributed by atoms with E-state index in [-0.39, 0.29) is 12.0 Å². The van der Waals surface area contributed by atoms with E-state index in [2.05, 4.69) is 45.4 Å². The number of nitrogens with one attached hydrogen (secondary N) is 1. The molecule has 0 bridgehead atoms. The number of ether oxygens (including phenoxy) is 1. The largest absolute Gasteiger partial charge is 0.377 e. The molecule has 2 atom stereocenters. The molecule has 1 saturated heterocycles. The van der Waals surface area contributed by atoms with Gasteiger partial charge in [0.1, 0.15) is 17.0 Å². The summed E-state index contributed by atoms with van der Waals surface area (Å²) >= 11 is 1.76. The number of pyridine rings is 2. The summed E-state index contributed by atoms with van der Waals surface area (Å²) in [5.41, 5.74) is 3.39. The van der Waals surface area contributed by atoms with E-state index in [1.807, 2.05) is 12.1 Å². The molecule has 0 amide bonds. The fraction of sp³-hybridized carbons (Fsp3) is 0.429. The maximum Gasteiger partial charge on any atom is 0.130 e. The maximum absolute atomic E-state index is 9.93. The molecule has 8 heteroatoms. The number of aromatic nitrogens is 4. The van der Waals surface area contributed by atoms with Crippen LogP contribution in [0.2, 0.25) is 0 Å². The molecule has 0 aromatic carbocycles. The van der Waals surface area contributed by atoms with Crippen molar-refractivity contribution in [2.45, 2.75) is 25.3 Å². The number of hydrogen-bond donors (Lipinski definition) is 1. The molecule has 3 aromatic rings. The molecule has 0 radical (unpaired) electrons. The van der Waals surface area contributed by atoms with Crippen molar-refractivity contribution in [3.05, 3.63) is 36.2 Å². The predicted molar refractivity (Wildman–Crippen MR) is 116 cm³/mol. The molecular weight excluding hydrogens is 384 g/mol. The van der Waals surface area contributed by atoms with Gasteiger partial charge in [-0.25, -0.2) is 4.98 Å². The van der Waals surface area contributed by atoms with Crippen molar-refractivity contribution in [1.82, 2.24) is 20.2 Å². The minimum absolute atomic E-state index is 0.194. The lowest BCUT2D eigenvalue weighted by atomic mass is 9.94. The molecule has 1 fully saturated rings. The first kappa shape index (κ1) is 19.7. The monoisotopic (exact) mass is 408 g/mol. The summed E-state index contributed by atoms with van der Waals surface area (Å²) in [6.07, 6.45) is 6.36. The highest BCUT2D eigenvalue weighted by Crippen LogP contribution is 2.35. The maximum atomic E-state index is 9.93. The van der Waals surface area contributed by atoms with Gasteiger partial charge in [0.25, 0.3) is 0 Å². The molecule has 1 aliphatic rings. The Morgan fingerprint density at radius 3 is 3.03 bits per heavy atom. The van der Waals surface area contributed by atoms with Crippen LogP contribution in [0.3, 0.4) is 0 Å². The Kier molecular flexibility index (Phi) is 5.97. The van der Waals surface area contributed by atoms with Gasteiger partial charge in [0, 0.05) is 24.3 Å². The molecule has 29 heavy (non-hydrogen) atoms. The van der Waals surface area contributed by atoms with Crippen LogP contribution in [-0.2, 0) is 4.74 Å². The fourth-order valence-electron chi connectivity index (χ4n) is 3.78. The summed E-state index contributed by atoms with van der Waals surface area (Å²) < 4.78 is 5.61. The van der Waals surface area contributed by atoms with Crippen molar-refractivity contribution >= 4 is 28.5 Å². The van der Waals surface area contributed by atoms with Crippen LogP contribution in [0.15, 0.2) is 30.6 Å². The summed E-state index contributed by atoms with van der Waals surface area (Å²) in [6.45, 7) is 4.26. The molecular formula is C21H24N6OS. The first-order chi connectivity index (χ1) is 14.2. The molecule has 0 aliphatic carbocycles. The Hall–Kier alpha value is -2.63. The second kappa shape index (κ2) is 8.80. The summed E-state index contributed by atoms with van der Waals surface area (Å²) in [6, 6.07) is 8.69. The third-order valence-electron chi connectivity index (χ3n) is 5.31. The first-order valence-electron chi connectivity index (χ1n) is 9.75. The minimum atomic E-state index is -0.194. The van der Waals surface area contributed by atoms with Gasteiger partial charge < -0.3 is 9.64 Å². The second-order valence-electron chi connectivity index (χ2n) is 7.18. The van der Waals surface area contributed by atoms with E-state index in [0.29, 0.717) is 13.2 Å². The van der Waals surface area contributed by atoms with Crippen molar-refractivity contribution in [3.8, 4) is 17.5 Å². The van der Waals surface area contributed by atoms with Crippen LogP contribution in [0.25, 0.3) is 22.3 Å². The van der Waals surface area contributed by atoms with Gasteiger partial charge in [0.15, 0.2) is 0 Å². The molecule has 0 spiro atoms. The van der Waals surface area contributed by atoms with E-state index in [4.69, 9.17) is 9.72 Å². The molecule has 3 aromatic heterocycles. The van der Waals surface area contributed by atoms with Crippen LogP contribution in [-0.4, -0.2) is 58.0 Å². The summed E-state index contributed by atoms with van der Waals surface area (Å²) in [7, 11) is 0. The highest BCUT2D eigenvalue weighted by atomic mass is 32.2. The fourth-order valence-corrected chi connectivity index (χ4v) is 4.25. The van der Waals surface area contributed by atoms with Crippen molar-refractivity contribution in [2.75, 3.05) is 36.7 Å². The van der Waals surface area contributed by atoms with Crippen molar-refractivity contribution in [1.29, 1.82) is 5.26 Å². The number of morpholine rings is 1. The van der Waals surface area contributed by atoms with E-state index in [0.717, 1.165) is 52.4 Å². The number of nitriles is 1.